The van der Waals surface area contributed by atoms with Crippen LogP contribution in [0.1, 0.15) is 11.7 Å². The van der Waals surface area contributed by atoms with Crippen molar-refractivity contribution >= 4 is 29.1 Å². The van der Waals surface area contributed by atoms with E-state index in [4.69, 9.17) is 21.1 Å². The van der Waals surface area contributed by atoms with Gasteiger partial charge in [-0.25, -0.2) is 0 Å². The average molecular weight is 379 g/mol. The van der Waals surface area contributed by atoms with Gasteiger partial charge in [-0.2, -0.15) is 0 Å². The van der Waals surface area contributed by atoms with Gasteiger partial charge in [0.05, 0.1) is 20.3 Å². The van der Waals surface area contributed by atoms with Crippen LogP contribution in [0.15, 0.2) is 42.5 Å². The van der Waals surface area contributed by atoms with Crippen LogP contribution in [0.3, 0.4) is 0 Å². The lowest BCUT2D eigenvalue weighted by Gasteiger charge is -2.15. The van der Waals surface area contributed by atoms with Crippen LogP contribution in [0.5, 0.6) is 11.5 Å². The van der Waals surface area contributed by atoms with Gasteiger partial charge in [0.15, 0.2) is 11.5 Å². The summed E-state index contributed by atoms with van der Waals surface area (Å²) in [6.07, 6.45) is -1.02. The van der Waals surface area contributed by atoms with Crippen LogP contribution in [0, 0.1) is 0 Å². The van der Waals surface area contributed by atoms with Crippen LogP contribution in [-0.4, -0.2) is 37.7 Å². The van der Waals surface area contributed by atoms with Crippen molar-refractivity contribution in [3.63, 3.8) is 0 Å². The van der Waals surface area contributed by atoms with Crippen molar-refractivity contribution in [1.82, 2.24) is 5.32 Å². The van der Waals surface area contributed by atoms with Crippen molar-refractivity contribution in [2.24, 2.45) is 0 Å². The monoisotopic (exact) mass is 378 g/mol. The lowest BCUT2D eigenvalue weighted by atomic mass is 10.1. The zero-order valence-corrected chi connectivity index (χ0v) is 15.0. The summed E-state index contributed by atoms with van der Waals surface area (Å²) in [5.74, 6) is -0.751. The molecule has 7 nitrogen and oxygen atoms in total. The topological polar surface area (TPSA) is 96.9 Å². The van der Waals surface area contributed by atoms with E-state index < -0.39 is 17.9 Å². The van der Waals surface area contributed by atoms with Crippen molar-refractivity contribution in [1.29, 1.82) is 0 Å². The number of carbonyl (C=O) groups is 2. The zero-order valence-electron chi connectivity index (χ0n) is 14.3. The van der Waals surface area contributed by atoms with Crippen molar-refractivity contribution in [2.75, 3.05) is 26.1 Å². The summed E-state index contributed by atoms with van der Waals surface area (Å²) in [7, 11) is 2.99. The predicted octanol–water partition coefficient (Wildman–Crippen LogP) is 2.15. The van der Waals surface area contributed by atoms with E-state index in [-0.39, 0.29) is 6.54 Å². The van der Waals surface area contributed by atoms with Gasteiger partial charge in [0.25, 0.3) is 0 Å². The number of halogens is 1. The highest BCUT2D eigenvalue weighted by atomic mass is 35.5. The number of carbonyl (C=O) groups excluding carboxylic acids is 2. The smallest absolute Gasteiger partial charge is 0.313 e. The number of methoxy groups -OCH3 is 2. The fourth-order valence-corrected chi connectivity index (χ4v) is 2.39. The third kappa shape index (κ3) is 5.11. The highest BCUT2D eigenvalue weighted by Crippen LogP contribution is 2.29. The third-order valence-electron chi connectivity index (χ3n) is 3.54. The Bertz CT molecular complexity index is 797. The number of amides is 2. The van der Waals surface area contributed by atoms with Gasteiger partial charge in [0.1, 0.15) is 0 Å². The normalized spacial score (nSPS) is 11.4. The van der Waals surface area contributed by atoms with E-state index in [1.807, 2.05) is 0 Å². The van der Waals surface area contributed by atoms with Gasteiger partial charge < -0.3 is 25.2 Å². The minimum atomic E-state index is -1.02. The fourth-order valence-electron chi connectivity index (χ4n) is 2.20. The average Bonchev–Trinajstić information content (AvgIpc) is 2.65. The van der Waals surface area contributed by atoms with Gasteiger partial charge in [-0.1, -0.05) is 23.7 Å². The molecule has 0 radical (unpaired) electrons. The van der Waals surface area contributed by atoms with Crippen LogP contribution in [0.2, 0.25) is 5.02 Å². The molecular formula is C18H19ClN2O5. The second kappa shape index (κ2) is 9.07. The summed E-state index contributed by atoms with van der Waals surface area (Å²) in [5.41, 5.74) is 0.913. The van der Waals surface area contributed by atoms with Gasteiger partial charge in [-0.3, -0.25) is 9.59 Å². The predicted molar refractivity (Wildman–Crippen MR) is 97.6 cm³/mol. The van der Waals surface area contributed by atoms with Crippen LogP contribution < -0.4 is 20.1 Å². The summed E-state index contributed by atoms with van der Waals surface area (Å²) in [5, 5.41) is 15.4. The Labute approximate surface area is 155 Å². The Morgan fingerprint density at radius 2 is 1.81 bits per heavy atom. The number of nitrogens with one attached hydrogen (secondary N) is 2. The summed E-state index contributed by atoms with van der Waals surface area (Å²) < 4.78 is 10.3. The molecule has 2 aromatic carbocycles. The van der Waals surface area contributed by atoms with Gasteiger partial charge >= 0.3 is 11.8 Å². The molecule has 0 bridgehead atoms. The maximum Gasteiger partial charge on any atom is 0.313 e. The number of aliphatic hydroxyl groups is 1. The van der Waals surface area contributed by atoms with Crippen molar-refractivity contribution in [3.05, 3.63) is 53.1 Å². The van der Waals surface area contributed by atoms with Crippen LogP contribution in [-0.2, 0) is 9.59 Å². The zero-order chi connectivity index (χ0) is 19.1. The van der Waals surface area contributed by atoms with Crippen LogP contribution in [0.4, 0.5) is 5.69 Å². The number of ether oxygens (including phenoxy) is 2. The molecule has 138 valence electrons. The quantitative estimate of drug-likeness (QED) is 0.669. The Morgan fingerprint density at radius 3 is 2.46 bits per heavy atom. The highest BCUT2D eigenvalue weighted by Gasteiger charge is 2.17. The van der Waals surface area contributed by atoms with Crippen LogP contribution in [0.25, 0.3) is 0 Å². The van der Waals surface area contributed by atoms with Gasteiger partial charge in [-0.05, 0) is 35.9 Å². The van der Waals surface area contributed by atoms with Gasteiger partial charge in [0.2, 0.25) is 0 Å². The van der Waals surface area contributed by atoms with E-state index in [2.05, 4.69) is 10.6 Å². The lowest BCUT2D eigenvalue weighted by Crippen LogP contribution is -2.37. The summed E-state index contributed by atoms with van der Waals surface area (Å²) in [6.45, 7) is -0.142. The van der Waals surface area contributed by atoms with E-state index in [1.165, 1.54) is 20.3 Å². The molecule has 1 unspecified atom stereocenters. The SMILES string of the molecule is COc1ccc(C(O)CNC(=O)C(=O)Nc2cccc(Cl)c2)cc1OC. The van der Waals surface area contributed by atoms with E-state index in [1.54, 1.807) is 36.4 Å². The molecule has 0 aromatic heterocycles. The first-order valence-corrected chi connectivity index (χ1v) is 8.07. The van der Waals surface area contributed by atoms with E-state index in [0.29, 0.717) is 27.8 Å². The molecule has 1 atom stereocenters. The minimum Gasteiger partial charge on any atom is -0.493 e. The molecule has 2 amide bonds. The first-order valence-electron chi connectivity index (χ1n) is 7.69. The summed E-state index contributed by atoms with van der Waals surface area (Å²) >= 11 is 5.82. The molecule has 0 saturated heterocycles. The molecule has 0 fully saturated rings. The molecule has 8 heteroatoms. The van der Waals surface area contributed by atoms with Crippen molar-refractivity contribution in [2.45, 2.75) is 6.10 Å². The summed E-state index contributed by atoms with van der Waals surface area (Å²) in [6, 6.07) is 11.3. The van der Waals surface area contributed by atoms with Crippen molar-refractivity contribution in [3.8, 4) is 11.5 Å². The Hall–Kier alpha value is -2.77. The molecule has 0 aliphatic heterocycles. The molecule has 3 N–H and O–H groups in total. The molecule has 0 heterocycles. The number of anilines is 1. The highest BCUT2D eigenvalue weighted by molar-refractivity contribution is 6.39. The number of hydrogen-bond donors (Lipinski definition) is 3. The lowest BCUT2D eigenvalue weighted by molar-refractivity contribution is -0.136. The fraction of sp³-hybridized carbons (Fsp3) is 0.222. The number of hydrogen-bond acceptors (Lipinski definition) is 5. The Kier molecular flexibility index (Phi) is 6.82. The number of aliphatic hydroxyl groups excluding tert-OH is 1. The maximum absolute atomic E-state index is 11.9. The molecular weight excluding hydrogens is 360 g/mol. The maximum atomic E-state index is 11.9. The second-order valence-electron chi connectivity index (χ2n) is 5.30. The molecule has 0 spiro atoms. The van der Waals surface area contributed by atoms with Gasteiger partial charge in [0, 0.05) is 17.3 Å². The molecule has 26 heavy (non-hydrogen) atoms. The van der Waals surface area contributed by atoms with E-state index in [0.717, 1.165) is 0 Å². The van der Waals surface area contributed by atoms with Crippen molar-refractivity contribution < 1.29 is 24.2 Å². The molecule has 0 aliphatic rings. The number of rotatable bonds is 6. The molecule has 0 aliphatic carbocycles. The Morgan fingerprint density at radius 1 is 1.08 bits per heavy atom. The Balaban J connectivity index is 1.92. The van der Waals surface area contributed by atoms with Crippen LogP contribution >= 0.6 is 11.6 Å². The summed E-state index contributed by atoms with van der Waals surface area (Å²) in [4.78, 5) is 23.8. The van der Waals surface area contributed by atoms with E-state index in [9.17, 15) is 14.7 Å². The van der Waals surface area contributed by atoms with E-state index >= 15 is 0 Å². The molecule has 2 rings (SSSR count). The largest absolute Gasteiger partial charge is 0.493 e. The first-order chi connectivity index (χ1) is 12.4. The van der Waals surface area contributed by atoms with Gasteiger partial charge in [-0.15, -0.1) is 0 Å². The second-order valence-corrected chi connectivity index (χ2v) is 5.74. The minimum absolute atomic E-state index is 0.142. The first kappa shape index (κ1) is 19.6. The molecule has 2 aromatic rings. The number of benzene rings is 2. The molecule has 0 saturated carbocycles. The third-order valence-corrected chi connectivity index (χ3v) is 3.77. The standard InChI is InChI=1S/C18H19ClN2O5/c1-25-15-7-6-11(8-16(15)26-2)14(22)10-20-17(23)18(24)21-13-5-3-4-12(19)9-13/h3-9,14,22H,10H2,1-2H3,(H,20,23)(H,21,24).